The number of rotatable bonds is 7. The van der Waals surface area contributed by atoms with Crippen LogP contribution in [0.15, 0.2) is 205 Å². The molecule has 0 atom stereocenters. The number of nitrogens with zero attached hydrogens (tertiary/aromatic N) is 1. The van der Waals surface area contributed by atoms with Crippen LogP contribution >= 0.6 is 0 Å². The van der Waals surface area contributed by atoms with Crippen molar-refractivity contribution < 1.29 is 4.42 Å². The van der Waals surface area contributed by atoms with Crippen molar-refractivity contribution in [1.29, 1.82) is 0 Å². The monoisotopic (exact) mass is 801 g/mol. The molecule has 0 amide bonds. The molecule has 0 aliphatic heterocycles. The molecule has 9 aromatic carbocycles. The number of benzene rings is 9. The van der Waals surface area contributed by atoms with Crippen molar-refractivity contribution in [3.8, 4) is 44.5 Å². The predicted molar refractivity (Wildman–Crippen MR) is 265 cm³/mol. The SMILES string of the molecule is CC(C)(C)c1cc(-c2ccccc2N(c2ccc(-c3cccc4c3oc3ccccc34)cc2)c2ccccc2-c2cccc3cccc(-c4ccccc4)c23)cc(C(C)(C)C)c1. The standard InChI is InChI=1S/C60H51NO/c1-59(2,3)44-37-43(38-45(39-44)60(4,5)6)47-23-10-13-30-54(47)61(46-35-33-41(34-36-46)49-27-18-29-53-51-25-12-15-32-56(51)62-58(49)53)55-31-14-11-24-50(55)52-28-17-22-42-21-16-26-48(57(42)52)40-19-8-7-9-20-40/h7-39H,1-6H3. The van der Waals surface area contributed by atoms with Crippen LogP contribution in [0.5, 0.6) is 0 Å². The molecule has 0 bridgehead atoms. The van der Waals surface area contributed by atoms with Crippen LogP contribution in [0.1, 0.15) is 52.7 Å². The van der Waals surface area contributed by atoms with Gasteiger partial charge in [0.1, 0.15) is 11.2 Å². The van der Waals surface area contributed by atoms with Gasteiger partial charge in [-0.25, -0.2) is 0 Å². The van der Waals surface area contributed by atoms with Gasteiger partial charge in [0.15, 0.2) is 0 Å². The normalized spacial score (nSPS) is 12.0. The van der Waals surface area contributed by atoms with E-state index in [0.29, 0.717) is 0 Å². The summed E-state index contributed by atoms with van der Waals surface area (Å²) in [6, 6.07) is 73.0. The highest BCUT2D eigenvalue weighted by Crippen LogP contribution is 2.48. The Hall–Kier alpha value is -7.16. The average molecular weight is 802 g/mol. The average Bonchev–Trinajstić information content (AvgIpc) is 3.68. The lowest BCUT2D eigenvalue weighted by atomic mass is 9.78. The Balaban J connectivity index is 1.21. The van der Waals surface area contributed by atoms with E-state index < -0.39 is 0 Å². The van der Waals surface area contributed by atoms with E-state index in [9.17, 15) is 0 Å². The van der Waals surface area contributed by atoms with Gasteiger partial charge in [-0.05, 0) is 90.9 Å². The second-order valence-corrected chi connectivity index (χ2v) is 18.6. The van der Waals surface area contributed by atoms with Gasteiger partial charge in [0.05, 0.1) is 11.4 Å². The van der Waals surface area contributed by atoms with Gasteiger partial charge >= 0.3 is 0 Å². The molecular formula is C60H51NO. The summed E-state index contributed by atoms with van der Waals surface area (Å²) in [6.07, 6.45) is 0. The predicted octanol–water partition coefficient (Wildman–Crippen LogP) is 17.5. The highest BCUT2D eigenvalue weighted by molar-refractivity contribution is 6.11. The number of anilines is 3. The Labute approximate surface area is 365 Å². The minimum Gasteiger partial charge on any atom is -0.455 e. The molecule has 302 valence electrons. The summed E-state index contributed by atoms with van der Waals surface area (Å²) >= 11 is 0. The first-order valence-corrected chi connectivity index (χ1v) is 21.8. The third kappa shape index (κ3) is 7.06. The second-order valence-electron chi connectivity index (χ2n) is 18.6. The lowest BCUT2D eigenvalue weighted by Gasteiger charge is -2.31. The van der Waals surface area contributed by atoms with Gasteiger partial charge < -0.3 is 9.32 Å². The summed E-state index contributed by atoms with van der Waals surface area (Å²) in [6.45, 7) is 13.9. The van der Waals surface area contributed by atoms with Crippen molar-refractivity contribution in [2.75, 3.05) is 4.90 Å². The Bertz CT molecular complexity index is 3210. The fourth-order valence-corrected chi connectivity index (χ4v) is 9.05. The smallest absolute Gasteiger partial charge is 0.143 e. The van der Waals surface area contributed by atoms with E-state index in [1.54, 1.807) is 0 Å². The summed E-state index contributed by atoms with van der Waals surface area (Å²) in [4.78, 5) is 2.47. The number of para-hydroxylation sites is 4. The zero-order valence-electron chi connectivity index (χ0n) is 36.4. The Morgan fingerprint density at radius 1 is 0.371 bits per heavy atom. The van der Waals surface area contributed by atoms with Gasteiger partial charge in [0.25, 0.3) is 0 Å². The van der Waals surface area contributed by atoms with Gasteiger partial charge in [-0.15, -0.1) is 0 Å². The van der Waals surface area contributed by atoms with Crippen molar-refractivity contribution >= 4 is 49.8 Å². The largest absolute Gasteiger partial charge is 0.455 e. The summed E-state index contributed by atoms with van der Waals surface area (Å²) in [7, 11) is 0. The number of furan rings is 1. The fourth-order valence-electron chi connectivity index (χ4n) is 9.05. The maximum atomic E-state index is 6.52. The summed E-state index contributed by atoms with van der Waals surface area (Å²) in [5, 5.41) is 4.71. The first-order chi connectivity index (χ1) is 30.0. The van der Waals surface area contributed by atoms with Crippen molar-refractivity contribution in [3.05, 3.63) is 211 Å². The van der Waals surface area contributed by atoms with Gasteiger partial charge in [-0.2, -0.15) is 0 Å². The third-order valence-corrected chi connectivity index (χ3v) is 12.4. The van der Waals surface area contributed by atoms with Crippen LogP contribution in [-0.2, 0) is 10.8 Å². The molecule has 0 saturated heterocycles. The van der Waals surface area contributed by atoms with Gasteiger partial charge in [-0.1, -0.05) is 211 Å². The van der Waals surface area contributed by atoms with Gasteiger partial charge in [0.2, 0.25) is 0 Å². The third-order valence-electron chi connectivity index (χ3n) is 12.4. The molecule has 2 heteroatoms. The zero-order chi connectivity index (χ0) is 42.6. The second kappa shape index (κ2) is 15.4. The van der Waals surface area contributed by atoms with Gasteiger partial charge in [0, 0.05) is 33.2 Å². The number of fused-ring (bicyclic) bond motifs is 4. The van der Waals surface area contributed by atoms with Crippen LogP contribution in [0.3, 0.4) is 0 Å². The maximum absolute atomic E-state index is 6.52. The molecule has 0 saturated carbocycles. The van der Waals surface area contributed by atoms with Crippen LogP contribution in [0, 0.1) is 0 Å². The van der Waals surface area contributed by atoms with E-state index in [0.717, 1.165) is 55.7 Å². The van der Waals surface area contributed by atoms with Crippen molar-refractivity contribution in [2.45, 2.75) is 52.4 Å². The quantitative estimate of drug-likeness (QED) is 0.160. The minimum atomic E-state index is -0.0272. The molecule has 0 radical (unpaired) electrons. The van der Waals surface area contributed by atoms with E-state index in [2.05, 4.69) is 241 Å². The van der Waals surface area contributed by atoms with Crippen molar-refractivity contribution in [2.24, 2.45) is 0 Å². The molecule has 10 aromatic rings. The van der Waals surface area contributed by atoms with Crippen LogP contribution in [0.25, 0.3) is 77.2 Å². The molecular weight excluding hydrogens is 751 g/mol. The number of hydrogen-bond donors (Lipinski definition) is 0. The van der Waals surface area contributed by atoms with Crippen LogP contribution in [0.2, 0.25) is 0 Å². The van der Waals surface area contributed by atoms with E-state index in [4.69, 9.17) is 4.42 Å². The topological polar surface area (TPSA) is 16.4 Å². The number of hydrogen-bond acceptors (Lipinski definition) is 2. The molecule has 1 heterocycles. The maximum Gasteiger partial charge on any atom is 0.143 e. The Morgan fingerprint density at radius 3 is 1.58 bits per heavy atom. The lowest BCUT2D eigenvalue weighted by molar-refractivity contribution is 0.569. The van der Waals surface area contributed by atoms with E-state index in [1.165, 1.54) is 49.7 Å². The molecule has 62 heavy (non-hydrogen) atoms. The zero-order valence-corrected chi connectivity index (χ0v) is 36.4. The molecule has 0 aliphatic rings. The Kier molecular flexibility index (Phi) is 9.68. The molecule has 10 rings (SSSR count). The van der Waals surface area contributed by atoms with E-state index >= 15 is 0 Å². The van der Waals surface area contributed by atoms with Crippen molar-refractivity contribution in [3.63, 3.8) is 0 Å². The lowest BCUT2D eigenvalue weighted by Crippen LogP contribution is -2.17. The molecule has 0 fully saturated rings. The molecule has 0 aliphatic carbocycles. The molecule has 0 N–H and O–H groups in total. The summed E-state index contributed by atoms with van der Waals surface area (Å²) < 4.78 is 6.52. The molecule has 1 aromatic heterocycles. The molecule has 0 unspecified atom stereocenters. The fraction of sp³-hybridized carbons (Fsp3) is 0.133. The molecule has 0 spiro atoms. The van der Waals surface area contributed by atoms with Crippen LogP contribution in [-0.4, -0.2) is 0 Å². The molecule has 2 nitrogen and oxygen atoms in total. The summed E-state index contributed by atoms with van der Waals surface area (Å²) in [5.41, 5.74) is 17.0. The van der Waals surface area contributed by atoms with Crippen LogP contribution < -0.4 is 4.90 Å². The van der Waals surface area contributed by atoms with Gasteiger partial charge in [-0.3, -0.25) is 0 Å². The van der Waals surface area contributed by atoms with E-state index in [1.807, 2.05) is 6.07 Å². The first-order valence-electron chi connectivity index (χ1n) is 21.8. The highest BCUT2D eigenvalue weighted by Gasteiger charge is 2.25. The summed E-state index contributed by atoms with van der Waals surface area (Å²) in [5.74, 6) is 0. The Morgan fingerprint density at radius 2 is 0.887 bits per heavy atom. The van der Waals surface area contributed by atoms with E-state index in [-0.39, 0.29) is 10.8 Å². The van der Waals surface area contributed by atoms with Crippen LogP contribution in [0.4, 0.5) is 17.1 Å². The first kappa shape index (κ1) is 39.0. The van der Waals surface area contributed by atoms with Crippen molar-refractivity contribution in [1.82, 2.24) is 0 Å². The highest BCUT2D eigenvalue weighted by atomic mass is 16.3. The minimum absolute atomic E-state index is 0.0272.